The van der Waals surface area contributed by atoms with Crippen molar-refractivity contribution in [3.05, 3.63) is 34.7 Å². The number of amides is 2. The van der Waals surface area contributed by atoms with E-state index in [4.69, 9.17) is 22.4 Å². The molecule has 0 radical (unpaired) electrons. The van der Waals surface area contributed by atoms with Crippen molar-refractivity contribution >= 4 is 35.0 Å². The van der Waals surface area contributed by atoms with Crippen LogP contribution in [0.2, 0.25) is 5.02 Å². The Balaban J connectivity index is 2.41. The predicted octanol–water partition coefficient (Wildman–Crippen LogP) is 0.608. The second kappa shape index (κ2) is 6.66. The summed E-state index contributed by atoms with van der Waals surface area (Å²) >= 11 is 5.94. The minimum Gasteiger partial charge on any atom is -0.480 e. The molecule has 2 amide bonds. The molecule has 0 aromatic carbocycles. The van der Waals surface area contributed by atoms with Gasteiger partial charge in [-0.15, -0.1) is 0 Å². The molecule has 1 atom stereocenters. The topological polar surface area (TPSA) is 127 Å². The normalized spacial score (nSPS) is 12.1. The van der Waals surface area contributed by atoms with E-state index in [2.05, 4.69) is 10.3 Å². The number of aryl methyl sites for hydroxylation is 1. The van der Waals surface area contributed by atoms with Crippen LogP contribution in [0.1, 0.15) is 29.5 Å². The van der Waals surface area contributed by atoms with Gasteiger partial charge in [-0.2, -0.15) is 0 Å². The lowest BCUT2D eigenvalue weighted by molar-refractivity contribution is -0.140. The predicted molar refractivity (Wildman–Crippen MR) is 82.3 cm³/mol. The number of aliphatic carboxylic acids is 1. The number of nitrogens with zero attached hydrogens (tertiary/aromatic N) is 2. The highest BCUT2D eigenvalue weighted by molar-refractivity contribution is 6.30. The van der Waals surface area contributed by atoms with Gasteiger partial charge in [0.25, 0.3) is 5.91 Å². The van der Waals surface area contributed by atoms with E-state index in [1.54, 1.807) is 12.1 Å². The van der Waals surface area contributed by atoms with Crippen molar-refractivity contribution in [2.24, 2.45) is 5.73 Å². The van der Waals surface area contributed by atoms with Crippen LogP contribution < -0.4 is 11.1 Å². The van der Waals surface area contributed by atoms with Gasteiger partial charge in [0.1, 0.15) is 17.4 Å². The van der Waals surface area contributed by atoms with Crippen LogP contribution in [0, 0.1) is 0 Å². The summed E-state index contributed by atoms with van der Waals surface area (Å²) in [4.78, 5) is 38.9. The average Bonchev–Trinajstić information content (AvgIpc) is 2.83. The molecule has 2 rings (SSSR count). The molecule has 0 bridgehead atoms. The number of carboxylic acid groups (broad SMARTS) is 1. The van der Waals surface area contributed by atoms with Gasteiger partial charge >= 0.3 is 5.97 Å². The Labute approximate surface area is 136 Å². The number of rotatable bonds is 6. The molecule has 0 saturated carbocycles. The Morgan fingerprint density at radius 2 is 2.13 bits per heavy atom. The van der Waals surface area contributed by atoms with Gasteiger partial charge in [0.05, 0.1) is 17.1 Å². The average molecular weight is 339 g/mol. The maximum absolute atomic E-state index is 12.5. The van der Waals surface area contributed by atoms with Crippen LogP contribution >= 0.6 is 11.6 Å². The number of carbonyl (C=O) groups is 3. The van der Waals surface area contributed by atoms with Gasteiger partial charge in [0.15, 0.2) is 0 Å². The monoisotopic (exact) mass is 338 g/mol. The van der Waals surface area contributed by atoms with Crippen LogP contribution in [0.25, 0.3) is 5.65 Å². The number of fused-ring (bicyclic) bond motifs is 1. The van der Waals surface area contributed by atoms with Crippen molar-refractivity contribution in [2.75, 3.05) is 0 Å². The molecule has 2 aromatic heterocycles. The zero-order valence-corrected chi connectivity index (χ0v) is 13.0. The number of halogens is 1. The molecule has 0 aliphatic rings. The van der Waals surface area contributed by atoms with Crippen LogP contribution in [-0.4, -0.2) is 38.3 Å². The van der Waals surface area contributed by atoms with Crippen LogP contribution in [0.15, 0.2) is 18.3 Å². The first-order chi connectivity index (χ1) is 10.8. The van der Waals surface area contributed by atoms with E-state index >= 15 is 0 Å². The fourth-order valence-electron chi connectivity index (χ4n) is 2.18. The molecule has 1 unspecified atom stereocenters. The van der Waals surface area contributed by atoms with E-state index in [1.165, 1.54) is 10.6 Å². The molecule has 0 aliphatic carbocycles. The van der Waals surface area contributed by atoms with Crippen LogP contribution in [0.3, 0.4) is 0 Å². The number of pyridine rings is 1. The van der Waals surface area contributed by atoms with Crippen molar-refractivity contribution in [1.82, 2.24) is 14.7 Å². The molecule has 23 heavy (non-hydrogen) atoms. The van der Waals surface area contributed by atoms with Gasteiger partial charge in [-0.1, -0.05) is 18.5 Å². The third-order valence-electron chi connectivity index (χ3n) is 3.21. The fourth-order valence-corrected chi connectivity index (χ4v) is 2.34. The van der Waals surface area contributed by atoms with Crippen LogP contribution in [0.5, 0.6) is 0 Å². The quantitative estimate of drug-likeness (QED) is 0.711. The zero-order valence-electron chi connectivity index (χ0n) is 12.2. The number of primary amides is 1. The Hall–Kier alpha value is -2.61. The summed E-state index contributed by atoms with van der Waals surface area (Å²) in [6.45, 7) is 1.82. The molecule has 2 heterocycles. The lowest BCUT2D eigenvalue weighted by Crippen LogP contribution is -2.43. The summed E-state index contributed by atoms with van der Waals surface area (Å²) in [6, 6.07) is 1.88. The van der Waals surface area contributed by atoms with Gasteiger partial charge in [0, 0.05) is 6.20 Å². The van der Waals surface area contributed by atoms with E-state index in [0.29, 0.717) is 22.8 Å². The summed E-state index contributed by atoms with van der Waals surface area (Å²) in [5.74, 6) is -2.83. The molecule has 122 valence electrons. The second-order valence-corrected chi connectivity index (χ2v) is 5.31. The minimum absolute atomic E-state index is 0.181. The Kier molecular flexibility index (Phi) is 4.85. The van der Waals surface area contributed by atoms with Crippen LogP contribution in [-0.2, 0) is 16.0 Å². The molecule has 0 aliphatic heterocycles. The zero-order chi connectivity index (χ0) is 17.1. The second-order valence-electron chi connectivity index (χ2n) is 4.87. The van der Waals surface area contributed by atoms with E-state index < -0.39 is 30.2 Å². The number of imidazole rings is 1. The maximum Gasteiger partial charge on any atom is 0.326 e. The molecule has 4 N–H and O–H groups in total. The van der Waals surface area contributed by atoms with Gasteiger partial charge in [-0.25, -0.2) is 9.78 Å². The molecule has 0 fully saturated rings. The van der Waals surface area contributed by atoms with Crippen LogP contribution in [0.4, 0.5) is 0 Å². The highest BCUT2D eigenvalue weighted by atomic mass is 35.5. The number of aromatic nitrogens is 2. The lowest BCUT2D eigenvalue weighted by atomic mass is 10.2. The third kappa shape index (κ3) is 3.59. The first-order valence-corrected chi connectivity index (χ1v) is 7.19. The third-order valence-corrected chi connectivity index (χ3v) is 3.44. The summed E-state index contributed by atoms with van der Waals surface area (Å²) in [5.41, 5.74) is 6.19. The van der Waals surface area contributed by atoms with E-state index in [-0.39, 0.29) is 5.69 Å². The Morgan fingerprint density at radius 3 is 2.70 bits per heavy atom. The van der Waals surface area contributed by atoms with Crippen molar-refractivity contribution < 1.29 is 19.5 Å². The van der Waals surface area contributed by atoms with Crippen molar-refractivity contribution in [3.8, 4) is 0 Å². The number of carboxylic acids is 1. The fraction of sp³-hybridized carbons (Fsp3) is 0.286. The van der Waals surface area contributed by atoms with Crippen molar-refractivity contribution in [1.29, 1.82) is 0 Å². The number of nitrogens with one attached hydrogen (secondary N) is 1. The molecule has 2 aromatic rings. The largest absolute Gasteiger partial charge is 0.480 e. The molecular formula is C14H15ClN4O4. The molecule has 8 nitrogen and oxygen atoms in total. The standard InChI is InChI=1S/C14H15ClN4O4/c1-2-8-12(19-6-7(15)3-4-11(19)17-8)13(21)18-9(14(22)23)5-10(16)20/h3-4,6,9H,2,5H2,1H3,(H2,16,20)(H,18,21)(H,22,23). The van der Waals surface area contributed by atoms with Gasteiger partial charge in [-0.3, -0.25) is 14.0 Å². The first kappa shape index (κ1) is 16.8. The SMILES string of the molecule is CCc1nc2ccc(Cl)cn2c1C(=O)NC(CC(N)=O)C(=O)O. The van der Waals surface area contributed by atoms with Crippen molar-refractivity contribution in [3.63, 3.8) is 0 Å². The van der Waals surface area contributed by atoms with Gasteiger partial charge in [-0.05, 0) is 18.6 Å². The Bertz CT molecular complexity index is 786. The summed E-state index contributed by atoms with van der Waals surface area (Å²) in [7, 11) is 0. The number of hydrogen-bond acceptors (Lipinski definition) is 4. The summed E-state index contributed by atoms with van der Waals surface area (Å²) < 4.78 is 1.49. The smallest absolute Gasteiger partial charge is 0.326 e. The summed E-state index contributed by atoms with van der Waals surface area (Å²) in [6.07, 6.45) is 1.48. The van der Waals surface area contributed by atoms with E-state index in [0.717, 1.165) is 0 Å². The van der Waals surface area contributed by atoms with E-state index in [9.17, 15) is 14.4 Å². The molecular weight excluding hydrogens is 324 g/mol. The first-order valence-electron chi connectivity index (χ1n) is 6.82. The Morgan fingerprint density at radius 1 is 1.43 bits per heavy atom. The molecule has 0 saturated heterocycles. The highest BCUT2D eigenvalue weighted by Crippen LogP contribution is 2.17. The number of carbonyl (C=O) groups excluding carboxylic acids is 2. The highest BCUT2D eigenvalue weighted by Gasteiger charge is 2.26. The maximum atomic E-state index is 12.5. The summed E-state index contributed by atoms with van der Waals surface area (Å²) in [5, 5.41) is 11.8. The lowest BCUT2D eigenvalue weighted by Gasteiger charge is -2.13. The molecule has 0 spiro atoms. The van der Waals surface area contributed by atoms with Gasteiger partial charge < -0.3 is 16.2 Å². The van der Waals surface area contributed by atoms with E-state index in [1.807, 2.05) is 6.92 Å². The number of nitrogens with two attached hydrogens (primary N) is 1. The molecule has 9 heteroatoms. The minimum atomic E-state index is -1.41. The van der Waals surface area contributed by atoms with Crippen molar-refractivity contribution in [2.45, 2.75) is 25.8 Å². The van der Waals surface area contributed by atoms with Gasteiger partial charge in [0.2, 0.25) is 5.91 Å². The number of hydrogen-bond donors (Lipinski definition) is 3.